The van der Waals surface area contributed by atoms with E-state index in [1.165, 1.54) is 0 Å². The first-order valence-electron chi connectivity index (χ1n) is 3.88. The van der Waals surface area contributed by atoms with Crippen molar-refractivity contribution < 1.29 is 34.2 Å². The van der Waals surface area contributed by atoms with Gasteiger partial charge in [-0.25, -0.2) is 0 Å². The second-order valence-corrected chi connectivity index (χ2v) is 5.68. The minimum atomic E-state index is -4.96. The molecule has 0 saturated heterocycles. The van der Waals surface area contributed by atoms with Crippen molar-refractivity contribution in [1.82, 2.24) is 0 Å². The molecule has 0 amide bonds. The third kappa shape index (κ3) is 9.65. The molecular weight excluding hydrogens is 270 g/mol. The predicted octanol–water partition coefficient (Wildman–Crippen LogP) is -0.497. The summed E-state index contributed by atoms with van der Waals surface area (Å²) in [6.45, 7) is 0. The number of halogens is 2. The quantitative estimate of drug-likeness (QED) is 0.582. The van der Waals surface area contributed by atoms with Crippen molar-refractivity contribution in [3.8, 4) is 0 Å². The summed E-state index contributed by atoms with van der Waals surface area (Å²) in [5.41, 5.74) is 0. The molecule has 10 heteroatoms. The number of rotatable bonds is 7. The molecule has 0 bridgehead atoms. The zero-order chi connectivity index (χ0) is 13.0. The van der Waals surface area contributed by atoms with Crippen LogP contribution in [0, 0.1) is 0 Å². The molecule has 0 aliphatic carbocycles. The van der Waals surface area contributed by atoms with E-state index >= 15 is 0 Å². The van der Waals surface area contributed by atoms with E-state index in [9.17, 15) is 34.2 Å². The van der Waals surface area contributed by atoms with Gasteiger partial charge in [0.2, 0.25) is 0 Å². The number of hydrogen-bond donors (Lipinski definition) is 0. The van der Waals surface area contributed by atoms with Crippen LogP contribution in [0.15, 0.2) is 0 Å². The Balaban J connectivity index is 4.08. The van der Waals surface area contributed by atoms with E-state index in [1.54, 1.807) is 0 Å². The van der Waals surface area contributed by atoms with E-state index < -0.39 is 56.4 Å². The van der Waals surface area contributed by atoms with Gasteiger partial charge in [-0.3, -0.25) is 9.59 Å². The fraction of sp³-hybridized carbons (Fsp3) is 0.667. The van der Waals surface area contributed by atoms with Gasteiger partial charge in [0.1, 0.15) is 11.5 Å². The van der Waals surface area contributed by atoms with Gasteiger partial charge in [-0.2, -0.15) is 16.8 Å². The molecule has 94 valence electrons. The largest absolute Gasteiger partial charge is 0.309 e. The Bertz CT molecular complexity index is 431. The van der Waals surface area contributed by atoms with Crippen molar-refractivity contribution in [3.05, 3.63) is 0 Å². The van der Waals surface area contributed by atoms with Gasteiger partial charge in [0.15, 0.2) is 11.6 Å². The maximum atomic E-state index is 11.9. The number of ketones is 2. The van der Waals surface area contributed by atoms with E-state index in [0.29, 0.717) is 0 Å². The maximum absolute atomic E-state index is 11.9. The minimum absolute atomic E-state index is 0.641. The van der Waals surface area contributed by atoms with Crippen LogP contribution in [0.5, 0.6) is 0 Å². The van der Waals surface area contributed by atoms with Gasteiger partial charge in [-0.05, 0) is 0 Å². The lowest BCUT2D eigenvalue weighted by Gasteiger charge is -1.97. The van der Waals surface area contributed by atoms with Gasteiger partial charge >= 0.3 is 20.4 Å². The van der Waals surface area contributed by atoms with Gasteiger partial charge in [0.05, 0.1) is 0 Å². The molecule has 0 radical (unpaired) electrons. The van der Waals surface area contributed by atoms with Crippen molar-refractivity contribution in [2.75, 3.05) is 11.5 Å². The van der Waals surface area contributed by atoms with E-state index in [0.717, 1.165) is 0 Å². The zero-order valence-corrected chi connectivity index (χ0v) is 9.48. The van der Waals surface area contributed by atoms with Crippen molar-refractivity contribution >= 4 is 32.0 Å². The topological polar surface area (TPSA) is 102 Å². The van der Waals surface area contributed by atoms with Crippen LogP contribution in [-0.4, -0.2) is 39.9 Å². The fourth-order valence-corrected chi connectivity index (χ4v) is 1.87. The average Bonchev–Trinajstić information content (AvgIpc) is 1.94. The summed E-state index contributed by atoms with van der Waals surface area (Å²) in [6, 6.07) is 0. The fourth-order valence-electron chi connectivity index (χ4n) is 0.808. The lowest BCUT2D eigenvalue weighted by molar-refractivity contribution is -0.121. The molecule has 0 atom stereocenters. The van der Waals surface area contributed by atoms with Crippen LogP contribution in [0.3, 0.4) is 0 Å². The molecule has 0 aromatic carbocycles. The van der Waals surface area contributed by atoms with Crippen LogP contribution in [0.2, 0.25) is 0 Å². The van der Waals surface area contributed by atoms with E-state index in [2.05, 4.69) is 0 Å². The Labute approximate surface area is 91.1 Å². The number of carbonyl (C=O) groups is 2. The molecule has 0 fully saturated rings. The van der Waals surface area contributed by atoms with Crippen molar-refractivity contribution in [2.24, 2.45) is 0 Å². The Hall–Kier alpha value is -0.900. The highest BCUT2D eigenvalue weighted by Gasteiger charge is 2.18. The third-order valence-corrected chi connectivity index (χ3v) is 2.68. The smallest absolute Gasteiger partial charge is 0.298 e. The molecule has 0 N–H and O–H groups in total. The van der Waals surface area contributed by atoms with Crippen molar-refractivity contribution in [1.29, 1.82) is 0 Å². The first-order chi connectivity index (χ1) is 6.99. The van der Waals surface area contributed by atoms with Crippen LogP contribution < -0.4 is 0 Å². The summed E-state index contributed by atoms with van der Waals surface area (Å²) < 4.78 is 63.8. The lowest BCUT2D eigenvalue weighted by Crippen LogP contribution is -2.16. The van der Waals surface area contributed by atoms with Crippen LogP contribution in [-0.2, 0) is 30.0 Å². The molecule has 0 heterocycles. The standard InChI is InChI=1S/C6H8F2O6S2/c7-15(11,12)3-5(9)1-2-6(10)4-16(8,13)14/h1-4H2. The van der Waals surface area contributed by atoms with E-state index in [4.69, 9.17) is 0 Å². The molecule has 0 aliphatic heterocycles. The van der Waals surface area contributed by atoms with Gasteiger partial charge in [0.25, 0.3) is 0 Å². The molecule has 6 nitrogen and oxygen atoms in total. The Morgan fingerprint density at radius 3 is 1.19 bits per heavy atom. The Kier molecular flexibility index (Phi) is 5.13. The highest BCUT2D eigenvalue weighted by Crippen LogP contribution is 2.01. The highest BCUT2D eigenvalue weighted by molar-refractivity contribution is 7.87. The second kappa shape index (κ2) is 5.43. The first kappa shape index (κ1) is 15.1. The van der Waals surface area contributed by atoms with E-state index in [1.807, 2.05) is 0 Å². The lowest BCUT2D eigenvalue weighted by atomic mass is 10.2. The van der Waals surface area contributed by atoms with Crippen molar-refractivity contribution in [3.63, 3.8) is 0 Å². The summed E-state index contributed by atoms with van der Waals surface area (Å²) in [6.07, 6.45) is -1.28. The SMILES string of the molecule is O=C(CCC(=O)CS(=O)(=O)F)CS(=O)(=O)F. The van der Waals surface area contributed by atoms with E-state index in [-0.39, 0.29) is 0 Å². The summed E-state index contributed by atoms with van der Waals surface area (Å²) in [7, 11) is -9.92. The summed E-state index contributed by atoms with van der Waals surface area (Å²) in [4.78, 5) is 21.4. The van der Waals surface area contributed by atoms with Crippen LogP contribution in [0.25, 0.3) is 0 Å². The molecule has 16 heavy (non-hydrogen) atoms. The van der Waals surface area contributed by atoms with Gasteiger partial charge in [-0.15, -0.1) is 7.77 Å². The zero-order valence-electron chi connectivity index (χ0n) is 7.85. The summed E-state index contributed by atoms with van der Waals surface area (Å²) >= 11 is 0. The summed E-state index contributed by atoms with van der Waals surface area (Å²) in [5.74, 6) is -4.90. The van der Waals surface area contributed by atoms with Gasteiger partial charge in [-0.1, -0.05) is 0 Å². The third-order valence-electron chi connectivity index (χ3n) is 1.35. The number of Topliss-reactive ketones (excluding diaryl/α,β-unsaturated/α-hetero) is 2. The molecule has 0 aliphatic rings. The van der Waals surface area contributed by atoms with Crippen LogP contribution in [0.1, 0.15) is 12.8 Å². The molecule has 0 aromatic rings. The van der Waals surface area contributed by atoms with Gasteiger partial charge < -0.3 is 0 Å². The second-order valence-electron chi connectivity index (χ2n) is 2.94. The highest BCUT2D eigenvalue weighted by atomic mass is 32.3. The molecule has 0 rings (SSSR count). The Morgan fingerprint density at radius 1 is 0.750 bits per heavy atom. The monoisotopic (exact) mass is 278 g/mol. The minimum Gasteiger partial charge on any atom is -0.298 e. The Morgan fingerprint density at radius 2 is 1.00 bits per heavy atom. The number of hydrogen-bond acceptors (Lipinski definition) is 6. The molecule has 0 spiro atoms. The van der Waals surface area contributed by atoms with Crippen molar-refractivity contribution in [2.45, 2.75) is 12.8 Å². The average molecular weight is 278 g/mol. The van der Waals surface area contributed by atoms with Gasteiger partial charge in [0, 0.05) is 12.8 Å². The predicted molar refractivity (Wildman–Crippen MR) is 49.0 cm³/mol. The molecule has 0 saturated carbocycles. The van der Waals surface area contributed by atoms with Crippen LogP contribution >= 0.6 is 0 Å². The molecular formula is C6H8F2O6S2. The van der Waals surface area contributed by atoms with Crippen LogP contribution in [0.4, 0.5) is 7.77 Å². The summed E-state index contributed by atoms with van der Waals surface area (Å²) in [5, 5.41) is 0. The first-order valence-corrected chi connectivity index (χ1v) is 6.98. The normalized spacial score (nSPS) is 12.4. The number of carbonyl (C=O) groups excluding carboxylic acids is 2. The molecule has 0 unspecified atom stereocenters. The molecule has 0 aromatic heterocycles. The maximum Gasteiger partial charge on any atom is 0.309 e.